The largest absolute Gasteiger partial charge is 0.331 e. The van der Waals surface area contributed by atoms with Crippen LogP contribution in [0.25, 0.3) is 11.3 Å². The van der Waals surface area contributed by atoms with Crippen molar-refractivity contribution in [1.82, 2.24) is 4.98 Å². The fraction of sp³-hybridized carbons (Fsp3) is 0.0345. The van der Waals surface area contributed by atoms with E-state index in [9.17, 15) is 9.18 Å². The molecule has 0 aliphatic rings. The molecule has 0 fully saturated rings. The van der Waals surface area contributed by atoms with Crippen molar-refractivity contribution in [3.05, 3.63) is 132 Å². The second-order valence-corrected chi connectivity index (χ2v) is 8.85. The molecule has 0 aliphatic carbocycles. The van der Waals surface area contributed by atoms with Gasteiger partial charge in [-0.3, -0.25) is 4.79 Å². The molecular weight excluding hydrogens is 457 g/mol. The van der Waals surface area contributed by atoms with Crippen molar-refractivity contribution in [1.29, 1.82) is 0 Å². The zero-order valence-corrected chi connectivity index (χ0v) is 19.5. The number of amides is 1. The molecule has 4 aromatic carbocycles. The molecule has 2 N–H and O–H groups in total. The normalized spacial score (nSPS) is 10.8. The van der Waals surface area contributed by atoms with Gasteiger partial charge in [0.25, 0.3) is 0 Å². The maximum absolute atomic E-state index is 13.4. The fourth-order valence-corrected chi connectivity index (χ4v) is 4.62. The zero-order chi connectivity index (χ0) is 24.0. The number of nitrogens with zero attached hydrogens (tertiary/aromatic N) is 1. The van der Waals surface area contributed by atoms with Gasteiger partial charge in [-0.25, -0.2) is 9.37 Å². The van der Waals surface area contributed by atoms with E-state index in [4.69, 9.17) is 0 Å². The minimum absolute atomic E-state index is 0.0922. The van der Waals surface area contributed by atoms with Gasteiger partial charge in [0.2, 0.25) is 5.91 Å². The van der Waals surface area contributed by atoms with Crippen LogP contribution in [0.15, 0.2) is 115 Å². The summed E-state index contributed by atoms with van der Waals surface area (Å²) in [4.78, 5) is 17.9. The molecule has 1 amide bonds. The Hall–Kier alpha value is -4.29. The molecule has 4 nitrogen and oxygen atoms in total. The summed E-state index contributed by atoms with van der Waals surface area (Å²) in [5.41, 5.74) is 4.97. The predicted molar refractivity (Wildman–Crippen MR) is 141 cm³/mol. The lowest BCUT2D eigenvalue weighted by Crippen LogP contribution is -2.22. The van der Waals surface area contributed by atoms with Crippen LogP contribution < -0.4 is 10.6 Å². The van der Waals surface area contributed by atoms with Crippen molar-refractivity contribution >= 4 is 33.8 Å². The summed E-state index contributed by atoms with van der Waals surface area (Å²) in [7, 11) is 0. The Morgan fingerprint density at radius 2 is 1.43 bits per heavy atom. The summed E-state index contributed by atoms with van der Waals surface area (Å²) in [5, 5.41) is 8.80. The molecule has 0 unspecified atom stereocenters. The van der Waals surface area contributed by atoms with E-state index in [-0.39, 0.29) is 11.7 Å². The van der Waals surface area contributed by atoms with E-state index in [0.717, 1.165) is 22.4 Å². The summed E-state index contributed by atoms with van der Waals surface area (Å²) in [5.74, 6) is -0.802. The van der Waals surface area contributed by atoms with Crippen LogP contribution >= 0.6 is 11.3 Å². The van der Waals surface area contributed by atoms with E-state index in [1.807, 2.05) is 90.3 Å². The first-order valence-electron chi connectivity index (χ1n) is 11.1. The molecule has 0 spiro atoms. The molecule has 0 saturated carbocycles. The first-order chi connectivity index (χ1) is 17.2. The first-order valence-corrected chi connectivity index (χ1v) is 12.0. The van der Waals surface area contributed by atoms with Crippen molar-refractivity contribution in [3.63, 3.8) is 0 Å². The Morgan fingerprint density at radius 3 is 2.06 bits per heavy atom. The van der Waals surface area contributed by atoms with Crippen LogP contribution in [0.2, 0.25) is 0 Å². The third-order valence-electron chi connectivity index (χ3n) is 5.56. The maximum atomic E-state index is 13.4. The summed E-state index contributed by atoms with van der Waals surface area (Å²) in [6, 6.07) is 33.4. The Balaban J connectivity index is 1.31. The minimum Gasteiger partial charge on any atom is -0.331 e. The molecular formula is C29H22FN3OS. The molecule has 35 heavy (non-hydrogen) atoms. The highest BCUT2D eigenvalue weighted by molar-refractivity contribution is 7.14. The van der Waals surface area contributed by atoms with Crippen molar-refractivity contribution in [2.75, 3.05) is 10.6 Å². The maximum Gasteiger partial charge on any atom is 0.236 e. The minimum atomic E-state index is -0.410. The molecule has 0 atom stereocenters. The monoisotopic (exact) mass is 479 g/mol. The average Bonchev–Trinajstić information content (AvgIpc) is 3.34. The zero-order valence-electron chi connectivity index (χ0n) is 18.7. The number of benzene rings is 4. The smallest absolute Gasteiger partial charge is 0.236 e. The number of hydrogen-bond donors (Lipinski definition) is 2. The van der Waals surface area contributed by atoms with E-state index in [0.29, 0.717) is 16.5 Å². The Bertz CT molecular complexity index is 1380. The SMILES string of the molecule is O=C(Nc1ccc(-c2csc(Nc3cccc(F)c3)n2)cc1)C(c1ccccc1)c1ccccc1. The van der Waals surface area contributed by atoms with Gasteiger partial charge in [0.1, 0.15) is 5.82 Å². The lowest BCUT2D eigenvalue weighted by atomic mass is 9.90. The highest BCUT2D eigenvalue weighted by Crippen LogP contribution is 2.29. The number of carbonyl (C=O) groups is 1. The first kappa shape index (κ1) is 22.5. The molecule has 1 aromatic heterocycles. The fourth-order valence-electron chi connectivity index (χ4n) is 3.88. The van der Waals surface area contributed by atoms with Crippen LogP contribution in [0.3, 0.4) is 0 Å². The van der Waals surface area contributed by atoms with Gasteiger partial charge in [-0.05, 0) is 41.5 Å². The number of halogens is 1. The quantitative estimate of drug-likeness (QED) is 0.255. The van der Waals surface area contributed by atoms with E-state index in [2.05, 4.69) is 15.6 Å². The molecule has 1 heterocycles. The van der Waals surface area contributed by atoms with Gasteiger partial charge in [-0.1, -0.05) is 78.9 Å². The number of nitrogens with one attached hydrogen (secondary N) is 2. The van der Waals surface area contributed by atoms with Gasteiger partial charge in [-0.2, -0.15) is 0 Å². The van der Waals surface area contributed by atoms with Crippen LogP contribution in [0.1, 0.15) is 17.0 Å². The van der Waals surface area contributed by atoms with E-state index < -0.39 is 5.92 Å². The summed E-state index contributed by atoms with van der Waals surface area (Å²) < 4.78 is 13.4. The molecule has 5 aromatic rings. The molecule has 0 radical (unpaired) electrons. The van der Waals surface area contributed by atoms with E-state index >= 15 is 0 Å². The molecule has 6 heteroatoms. The van der Waals surface area contributed by atoms with Crippen molar-refractivity contribution in [2.24, 2.45) is 0 Å². The van der Waals surface area contributed by atoms with Crippen LogP contribution in [0.4, 0.5) is 20.9 Å². The third-order valence-corrected chi connectivity index (χ3v) is 6.31. The molecule has 5 rings (SSSR count). The van der Waals surface area contributed by atoms with Gasteiger partial charge < -0.3 is 10.6 Å². The predicted octanol–water partition coefficient (Wildman–Crippen LogP) is 7.46. The molecule has 0 aliphatic heterocycles. The van der Waals surface area contributed by atoms with Crippen LogP contribution in [0, 0.1) is 5.82 Å². The Labute approximate surface area is 207 Å². The van der Waals surface area contributed by atoms with E-state index in [1.54, 1.807) is 12.1 Å². The summed E-state index contributed by atoms with van der Waals surface area (Å²) in [6.07, 6.45) is 0. The lowest BCUT2D eigenvalue weighted by molar-refractivity contribution is -0.116. The third kappa shape index (κ3) is 5.45. The number of anilines is 3. The average molecular weight is 480 g/mol. The lowest BCUT2D eigenvalue weighted by Gasteiger charge is -2.18. The number of carbonyl (C=O) groups excluding carboxylic acids is 1. The van der Waals surface area contributed by atoms with Gasteiger partial charge >= 0.3 is 0 Å². The second-order valence-electron chi connectivity index (χ2n) is 7.99. The van der Waals surface area contributed by atoms with Crippen LogP contribution in [-0.2, 0) is 4.79 Å². The summed E-state index contributed by atoms with van der Waals surface area (Å²) in [6.45, 7) is 0. The topological polar surface area (TPSA) is 54.0 Å². The number of thiazole rings is 1. The van der Waals surface area contributed by atoms with Gasteiger partial charge in [0, 0.05) is 22.3 Å². The van der Waals surface area contributed by atoms with Crippen molar-refractivity contribution in [3.8, 4) is 11.3 Å². The second kappa shape index (κ2) is 10.3. The van der Waals surface area contributed by atoms with Crippen LogP contribution in [0.5, 0.6) is 0 Å². The number of hydrogen-bond acceptors (Lipinski definition) is 4. The number of aromatic nitrogens is 1. The highest BCUT2D eigenvalue weighted by atomic mass is 32.1. The standard InChI is InChI=1S/C29H22FN3OS/c30-23-12-7-13-25(18-23)32-29-33-26(19-35-29)20-14-16-24(17-15-20)31-28(34)27(21-8-3-1-4-9-21)22-10-5-2-6-11-22/h1-19,27H,(H,31,34)(H,32,33). The summed E-state index contributed by atoms with van der Waals surface area (Å²) >= 11 is 1.44. The van der Waals surface area contributed by atoms with Gasteiger partial charge in [0.15, 0.2) is 5.13 Å². The molecule has 0 saturated heterocycles. The van der Waals surface area contributed by atoms with Crippen molar-refractivity contribution in [2.45, 2.75) is 5.92 Å². The Kier molecular flexibility index (Phi) is 6.63. The molecule has 0 bridgehead atoms. The van der Waals surface area contributed by atoms with Crippen molar-refractivity contribution < 1.29 is 9.18 Å². The number of rotatable bonds is 7. The van der Waals surface area contributed by atoms with Gasteiger partial charge in [0.05, 0.1) is 11.6 Å². The highest BCUT2D eigenvalue weighted by Gasteiger charge is 2.22. The van der Waals surface area contributed by atoms with Gasteiger partial charge in [-0.15, -0.1) is 11.3 Å². The Morgan fingerprint density at radius 1 is 0.771 bits per heavy atom. The van der Waals surface area contributed by atoms with E-state index in [1.165, 1.54) is 23.5 Å². The van der Waals surface area contributed by atoms with Crippen LogP contribution in [-0.4, -0.2) is 10.9 Å². The molecule has 172 valence electrons.